The van der Waals surface area contributed by atoms with Gasteiger partial charge in [-0.05, 0) is 57.2 Å². The number of fused-ring (bicyclic) bond motifs is 1. The Morgan fingerprint density at radius 2 is 1.85 bits per heavy atom. The molecule has 0 atom stereocenters. The molecule has 1 aromatic carbocycles. The van der Waals surface area contributed by atoms with Crippen LogP contribution in [0.3, 0.4) is 0 Å². The van der Waals surface area contributed by atoms with Crippen molar-refractivity contribution in [2.45, 2.75) is 49.2 Å². The predicted octanol–water partition coefficient (Wildman–Crippen LogP) is 2.11. The Balaban J connectivity index is 1.39. The number of hydrogen-bond acceptors (Lipinski definition) is 7. The molecule has 176 valence electrons. The van der Waals surface area contributed by atoms with Gasteiger partial charge in [0.15, 0.2) is 0 Å². The van der Waals surface area contributed by atoms with E-state index < -0.39 is 15.8 Å². The molecule has 1 fully saturated rings. The molecule has 1 saturated heterocycles. The molecule has 1 aliphatic rings. The minimum Gasteiger partial charge on any atom is -0.342 e. The van der Waals surface area contributed by atoms with Crippen molar-refractivity contribution in [3.8, 4) is 0 Å². The third-order valence-corrected chi connectivity index (χ3v) is 7.91. The Labute approximate surface area is 195 Å². The largest absolute Gasteiger partial charge is 0.342 e. The highest BCUT2D eigenvalue weighted by Crippen LogP contribution is 2.20. The van der Waals surface area contributed by atoms with E-state index in [9.17, 15) is 17.6 Å². The first-order valence-electron chi connectivity index (χ1n) is 10.5. The molecule has 0 bridgehead atoms. The molecule has 1 aliphatic heterocycles. The van der Waals surface area contributed by atoms with Crippen molar-refractivity contribution in [3.63, 3.8) is 0 Å². The fraction of sp³-hybridized carbons (Fsp3) is 0.429. The molecule has 0 aliphatic carbocycles. The van der Waals surface area contributed by atoms with Crippen LogP contribution in [-0.4, -0.2) is 64.2 Å². The van der Waals surface area contributed by atoms with Crippen LogP contribution in [-0.2, 0) is 21.2 Å². The van der Waals surface area contributed by atoms with Gasteiger partial charge in [-0.25, -0.2) is 27.0 Å². The number of benzene rings is 1. The smallest absolute Gasteiger partial charge is 0.253 e. The number of amides is 1. The lowest BCUT2D eigenvalue weighted by atomic mass is 10.0. The summed E-state index contributed by atoms with van der Waals surface area (Å²) in [7, 11) is -3.74. The zero-order valence-corrected chi connectivity index (χ0v) is 20.2. The van der Waals surface area contributed by atoms with E-state index in [0.717, 1.165) is 29.1 Å². The Kier molecular flexibility index (Phi) is 6.68. The van der Waals surface area contributed by atoms with Crippen LogP contribution in [0.5, 0.6) is 0 Å². The van der Waals surface area contributed by atoms with Crippen molar-refractivity contribution >= 4 is 33.5 Å². The van der Waals surface area contributed by atoms with Gasteiger partial charge in [-0.1, -0.05) is 11.8 Å². The first-order chi connectivity index (χ1) is 15.7. The number of carbonyl (C=O) groups is 1. The number of likely N-dealkylation sites (tertiary alicyclic amines) is 1. The summed E-state index contributed by atoms with van der Waals surface area (Å²) in [6.45, 7) is 4.66. The summed E-state index contributed by atoms with van der Waals surface area (Å²) in [5.74, 6) is -0.0127. The van der Waals surface area contributed by atoms with Gasteiger partial charge >= 0.3 is 0 Å². The molecular weight excluding hydrogens is 467 g/mol. The third-order valence-electron chi connectivity index (χ3n) is 5.83. The molecule has 4 rings (SSSR count). The number of rotatable bonds is 6. The Hall–Kier alpha value is -2.57. The summed E-state index contributed by atoms with van der Waals surface area (Å²) in [6, 6.07) is 4.43. The second kappa shape index (κ2) is 9.35. The number of nitrogens with one attached hydrogen (secondary N) is 1. The average molecular weight is 493 g/mol. The van der Waals surface area contributed by atoms with Gasteiger partial charge in [-0.15, -0.1) is 5.10 Å². The quantitative estimate of drug-likeness (QED) is 0.525. The highest BCUT2D eigenvalue weighted by molar-refractivity contribution is 7.98. The maximum Gasteiger partial charge on any atom is 0.253 e. The number of piperidine rings is 1. The summed E-state index contributed by atoms with van der Waals surface area (Å²) in [4.78, 5) is 23.6. The minimum atomic E-state index is -3.74. The van der Waals surface area contributed by atoms with E-state index in [2.05, 4.69) is 19.8 Å². The van der Waals surface area contributed by atoms with Crippen molar-refractivity contribution in [1.82, 2.24) is 29.2 Å². The van der Waals surface area contributed by atoms with Gasteiger partial charge in [-0.3, -0.25) is 4.79 Å². The van der Waals surface area contributed by atoms with Crippen molar-refractivity contribution < 1.29 is 17.6 Å². The monoisotopic (exact) mass is 492 g/mol. The van der Waals surface area contributed by atoms with E-state index in [-0.39, 0.29) is 23.3 Å². The fourth-order valence-electron chi connectivity index (χ4n) is 3.94. The molecule has 0 unspecified atom stereocenters. The van der Waals surface area contributed by atoms with Crippen molar-refractivity contribution in [2.75, 3.05) is 19.3 Å². The summed E-state index contributed by atoms with van der Waals surface area (Å²) >= 11 is 1.43. The van der Waals surface area contributed by atoms with Crippen molar-refractivity contribution in [3.05, 3.63) is 47.0 Å². The predicted molar refractivity (Wildman–Crippen MR) is 122 cm³/mol. The lowest BCUT2D eigenvalue weighted by molar-refractivity contribution is -0.131. The lowest BCUT2D eigenvalue weighted by Gasteiger charge is -2.32. The molecule has 9 nitrogen and oxygen atoms in total. The van der Waals surface area contributed by atoms with E-state index in [1.807, 2.05) is 20.1 Å². The van der Waals surface area contributed by atoms with Gasteiger partial charge in [0, 0.05) is 36.1 Å². The number of carbonyl (C=O) groups excluding carboxylic acids is 1. The molecule has 33 heavy (non-hydrogen) atoms. The van der Waals surface area contributed by atoms with Crippen LogP contribution in [0.4, 0.5) is 4.39 Å². The second-order valence-electron chi connectivity index (χ2n) is 7.98. The minimum absolute atomic E-state index is 0.0222. The molecule has 3 aromatic rings. The maximum atomic E-state index is 13.1. The number of halogens is 1. The molecular formula is C21H25FN6O3S2. The Bertz CT molecular complexity index is 1290. The lowest BCUT2D eigenvalue weighted by Crippen LogP contribution is -2.47. The molecule has 2 aromatic heterocycles. The standard InChI is InChI=1S/C21H25FN6O3S2/c1-13-18(14(2)28-20(23-13)24-21(25-28)32-3)12-19(29)27-10-8-16(9-11-27)26-33(30,31)17-6-4-15(22)5-7-17/h4-7,16,26H,8-12H2,1-3H3. The number of sulfonamides is 1. The number of nitrogens with zero attached hydrogens (tertiary/aromatic N) is 5. The van der Waals surface area contributed by atoms with Crippen molar-refractivity contribution in [1.29, 1.82) is 0 Å². The first kappa shape index (κ1) is 23.6. The van der Waals surface area contributed by atoms with Crippen molar-refractivity contribution in [2.24, 2.45) is 0 Å². The molecule has 0 saturated carbocycles. The first-order valence-corrected chi connectivity index (χ1v) is 13.2. The van der Waals surface area contributed by atoms with Crippen LogP contribution >= 0.6 is 11.8 Å². The second-order valence-corrected chi connectivity index (χ2v) is 10.5. The van der Waals surface area contributed by atoms with E-state index in [4.69, 9.17) is 0 Å². The zero-order valence-electron chi connectivity index (χ0n) is 18.6. The highest BCUT2D eigenvalue weighted by atomic mass is 32.2. The molecule has 12 heteroatoms. The Morgan fingerprint density at radius 3 is 2.48 bits per heavy atom. The molecule has 1 amide bonds. The van der Waals surface area contributed by atoms with Crippen LogP contribution in [0.15, 0.2) is 34.3 Å². The normalized spacial score (nSPS) is 15.3. The number of aryl methyl sites for hydroxylation is 2. The molecule has 0 spiro atoms. The highest BCUT2D eigenvalue weighted by Gasteiger charge is 2.27. The van der Waals surface area contributed by atoms with E-state index in [1.165, 1.54) is 23.9 Å². The Morgan fingerprint density at radius 1 is 1.18 bits per heavy atom. The van der Waals surface area contributed by atoms with Crippen LogP contribution in [0.1, 0.15) is 29.8 Å². The SMILES string of the molecule is CSc1nc2nc(C)c(CC(=O)N3CCC(NS(=O)(=O)c4ccc(F)cc4)CC3)c(C)n2n1. The van der Waals surface area contributed by atoms with Gasteiger partial charge in [0.05, 0.1) is 11.3 Å². The van der Waals surface area contributed by atoms with Gasteiger partial charge in [0.1, 0.15) is 5.82 Å². The third kappa shape index (κ3) is 5.02. The van der Waals surface area contributed by atoms with Gasteiger partial charge in [0.2, 0.25) is 21.1 Å². The fourth-order valence-corrected chi connectivity index (χ4v) is 5.58. The summed E-state index contributed by atoms with van der Waals surface area (Å²) in [6.07, 6.45) is 3.09. The van der Waals surface area contributed by atoms with Gasteiger partial charge in [-0.2, -0.15) is 4.98 Å². The summed E-state index contributed by atoms with van der Waals surface area (Å²) < 4.78 is 42.5. The van der Waals surface area contributed by atoms with Crippen LogP contribution in [0.25, 0.3) is 5.78 Å². The van der Waals surface area contributed by atoms with Crippen LogP contribution in [0, 0.1) is 19.7 Å². The molecule has 3 heterocycles. The topological polar surface area (TPSA) is 110 Å². The van der Waals surface area contributed by atoms with E-state index >= 15 is 0 Å². The number of thioether (sulfide) groups is 1. The number of aromatic nitrogens is 4. The van der Waals surface area contributed by atoms with Crippen LogP contribution in [0.2, 0.25) is 0 Å². The zero-order chi connectivity index (χ0) is 23.8. The van der Waals surface area contributed by atoms with Gasteiger partial charge in [0.25, 0.3) is 5.78 Å². The summed E-state index contributed by atoms with van der Waals surface area (Å²) in [5.41, 5.74) is 2.40. The van der Waals surface area contributed by atoms with E-state index in [1.54, 1.807) is 9.42 Å². The number of hydrogen-bond donors (Lipinski definition) is 1. The summed E-state index contributed by atoms with van der Waals surface area (Å²) in [5, 5.41) is 5.04. The molecule has 1 N–H and O–H groups in total. The van der Waals surface area contributed by atoms with Crippen LogP contribution < -0.4 is 4.72 Å². The maximum absolute atomic E-state index is 13.1. The average Bonchev–Trinajstić information content (AvgIpc) is 3.20. The van der Waals surface area contributed by atoms with Gasteiger partial charge < -0.3 is 4.90 Å². The molecule has 0 radical (unpaired) electrons. The van der Waals surface area contributed by atoms with E-state index in [0.29, 0.717) is 36.9 Å².